The van der Waals surface area contributed by atoms with Gasteiger partial charge in [0.25, 0.3) is 0 Å². The van der Waals surface area contributed by atoms with E-state index in [-0.39, 0.29) is 0 Å². The van der Waals surface area contributed by atoms with Crippen LogP contribution in [-0.2, 0) is 25.6 Å². The summed E-state index contributed by atoms with van der Waals surface area (Å²) in [5.74, 6) is -4.10. The molecular formula is C31H46ClNO8. The van der Waals surface area contributed by atoms with Gasteiger partial charge in [0.2, 0.25) is 0 Å². The van der Waals surface area contributed by atoms with Crippen LogP contribution in [0.25, 0.3) is 0 Å². The number of carboxylic acid groups (broad SMARTS) is 4. The van der Waals surface area contributed by atoms with Crippen LogP contribution in [0, 0.1) is 33.5 Å². The Bertz CT molecular complexity index is 1110. The molecule has 1 aromatic rings. The third-order valence-electron chi connectivity index (χ3n) is 10.7. The third-order valence-corrected chi connectivity index (χ3v) is 10.9. The minimum Gasteiger partial charge on any atom is -0.481 e. The Kier molecular flexibility index (Phi) is 10.7. The molecular weight excluding hydrogens is 550 g/mol. The molecule has 1 heterocycles. The number of fused-ring (bicyclic) bond motifs is 1. The summed E-state index contributed by atoms with van der Waals surface area (Å²) in [6, 6.07) is 6.24. The molecule has 0 saturated heterocycles. The van der Waals surface area contributed by atoms with Crippen LogP contribution in [0.3, 0.4) is 0 Å². The van der Waals surface area contributed by atoms with Gasteiger partial charge < -0.3 is 25.7 Å². The van der Waals surface area contributed by atoms with Crippen molar-refractivity contribution in [3.05, 3.63) is 34.3 Å². The largest absolute Gasteiger partial charge is 0.481 e. The number of hydrogen-bond donors (Lipinski definition) is 5. The van der Waals surface area contributed by atoms with E-state index in [9.17, 15) is 19.2 Å². The second-order valence-corrected chi connectivity index (χ2v) is 13.7. The molecule has 3 aliphatic rings. The van der Waals surface area contributed by atoms with Crippen molar-refractivity contribution in [1.82, 2.24) is 5.32 Å². The number of rotatable bonds is 4. The molecule has 5 unspecified atom stereocenters. The SMILES string of the molecule is CC1(C(=O)O)CCC(C(=O)O)C1(C)C.CC1(C(=O)O)CCC(C(=O)O)C1(C)C.CC1CNCCc2ccc(Cl)cc21. The van der Waals surface area contributed by atoms with Crippen LogP contribution in [0.2, 0.25) is 5.02 Å². The summed E-state index contributed by atoms with van der Waals surface area (Å²) in [4.78, 5) is 44.1. The minimum atomic E-state index is -0.921. The first-order chi connectivity index (χ1) is 18.7. The molecule has 0 spiro atoms. The zero-order chi connectivity index (χ0) is 31.6. The molecule has 0 radical (unpaired) electrons. The van der Waals surface area contributed by atoms with Crippen molar-refractivity contribution < 1.29 is 39.6 Å². The molecule has 41 heavy (non-hydrogen) atoms. The zero-order valence-corrected chi connectivity index (χ0v) is 26.0. The zero-order valence-electron chi connectivity index (χ0n) is 25.2. The lowest BCUT2D eigenvalue weighted by Crippen LogP contribution is -2.42. The highest BCUT2D eigenvalue weighted by atomic mass is 35.5. The lowest BCUT2D eigenvalue weighted by atomic mass is 9.66. The van der Waals surface area contributed by atoms with Crippen LogP contribution in [-0.4, -0.2) is 57.4 Å². The van der Waals surface area contributed by atoms with Crippen molar-refractivity contribution in [3.8, 4) is 0 Å². The van der Waals surface area contributed by atoms with Gasteiger partial charge in [-0.2, -0.15) is 0 Å². The van der Waals surface area contributed by atoms with Crippen LogP contribution < -0.4 is 5.32 Å². The summed E-state index contributed by atoms with van der Waals surface area (Å²) < 4.78 is 0. The fraction of sp³-hybridized carbons (Fsp3) is 0.677. The van der Waals surface area contributed by atoms with Crippen molar-refractivity contribution in [2.75, 3.05) is 13.1 Å². The Balaban J connectivity index is 0.000000215. The summed E-state index contributed by atoms with van der Waals surface area (Å²) >= 11 is 5.97. The normalized spacial score (nSPS) is 31.3. The van der Waals surface area contributed by atoms with Gasteiger partial charge in [-0.15, -0.1) is 0 Å². The highest BCUT2D eigenvalue weighted by Gasteiger charge is 2.59. The maximum atomic E-state index is 11.1. The van der Waals surface area contributed by atoms with Gasteiger partial charge in [-0.25, -0.2) is 0 Å². The molecule has 230 valence electrons. The van der Waals surface area contributed by atoms with Gasteiger partial charge in [0, 0.05) is 11.6 Å². The van der Waals surface area contributed by atoms with E-state index >= 15 is 0 Å². The van der Waals surface area contributed by atoms with Crippen LogP contribution in [0.15, 0.2) is 18.2 Å². The molecule has 1 aliphatic heterocycles. The van der Waals surface area contributed by atoms with Crippen LogP contribution in [0.4, 0.5) is 0 Å². The van der Waals surface area contributed by atoms with Crippen molar-refractivity contribution in [2.45, 2.75) is 86.5 Å². The van der Waals surface area contributed by atoms with Gasteiger partial charge in [-0.1, -0.05) is 52.3 Å². The fourth-order valence-electron chi connectivity index (χ4n) is 6.53. The molecule has 2 aliphatic carbocycles. The maximum absolute atomic E-state index is 11.1. The molecule has 2 saturated carbocycles. The van der Waals surface area contributed by atoms with E-state index in [1.54, 1.807) is 41.5 Å². The van der Waals surface area contributed by atoms with Gasteiger partial charge in [0.1, 0.15) is 0 Å². The Morgan fingerprint density at radius 3 is 1.59 bits per heavy atom. The monoisotopic (exact) mass is 595 g/mol. The minimum absolute atomic E-state index is 0.437. The van der Waals surface area contributed by atoms with E-state index in [4.69, 9.17) is 32.0 Å². The molecule has 5 N–H and O–H groups in total. The average Bonchev–Trinajstić information content (AvgIpc) is 3.17. The first-order valence-electron chi connectivity index (χ1n) is 14.2. The van der Waals surface area contributed by atoms with E-state index in [0.29, 0.717) is 31.6 Å². The van der Waals surface area contributed by atoms with Gasteiger partial charge >= 0.3 is 23.9 Å². The summed E-state index contributed by atoms with van der Waals surface area (Å²) in [6.07, 6.45) is 2.89. The van der Waals surface area contributed by atoms with Crippen molar-refractivity contribution in [1.29, 1.82) is 0 Å². The quantitative estimate of drug-likeness (QED) is 0.290. The highest BCUT2D eigenvalue weighted by Crippen LogP contribution is 2.57. The van der Waals surface area contributed by atoms with Crippen molar-refractivity contribution in [2.24, 2.45) is 33.5 Å². The Hall–Kier alpha value is -2.65. The van der Waals surface area contributed by atoms with E-state index in [1.807, 2.05) is 6.07 Å². The molecule has 9 nitrogen and oxygen atoms in total. The van der Waals surface area contributed by atoms with E-state index in [0.717, 1.165) is 24.5 Å². The number of nitrogens with one attached hydrogen (secondary N) is 1. The number of carbonyl (C=O) groups is 4. The Labute approximate surface area is 247 Å². The number of halogens is 1. The molecule has 1 aromatic carbocycles. The Morgan fingerprint density at radius 2 is 1.24 bits per heavy atom. The Morgan fingerprint density at radius 1 is 0.805 bits per heavy atom. The lowest BCUT2D eigenvalue weighted by molar-refractivity contribution is -0.159. The molecule has 0 amide bonds. The van der Waals surface area contributed by atoms with E-state index < -0.39 is 57.4 Å². The first-order valence-corrected chi connectivity index (χ1v) is 14.5. The number of benzene rings is 1. The van der Waals surface area contributed by atoms with Gasteiger partial charge in [0.05, 0.1) is 22.7 Å². The molecule has 5 atom stereocenters. The summed E-state index contributed by atoms with van der Waals surface area (Å²) in [6.45, 7) is 14.6. The molecule has 2 fully saturated rings. The summed E-state index contributed by atoms with van der Waals surface area (Å²) in [5, 5.41) is 40.4. The lowest BCUT2D eigenvalue weighted by Gasteiger charge is -2.36. The second kappa shape index (κ2) is 12.7. The van der Waals surface area contributed by atoms with E-state index in [2.05, 4.69) is 24.4 Å². The van der Waals surface area contributed by atoms with Crippen LogP contribution in [0.1, 0.15) is 91.2 Å². The number of carboxylic acids is 4. The smallest absolute Gasteiger partial charge is 0.309 e. The fourth-order valence-corrected chi connectivity index (χ4v) is 6.71. The molecule has 0 bridgehead atoms. The van der Waals surface area contributed by atoms with E-state index in [1.165, 1.54) is 11.1 Å². The van der Waals surface area contributed by atoms with Gasteiger partial charge in [-0.05, 0) is 92.5 Å². The number of hydrogen-bond acceptors (Lipinski definition) is 5. The van der Waals surface area contributed by atoms with Crippen molar-refractivity contribution >= 4 is 35.5 Å². The van der Waals surface area contributed by atoms with Gasteiger partial charge in [-0.3, -0.25) is 19.2 Å². The highest BCUT2D eigenvalue weighted by molar-refractivity contribution is 6.30. The predicted octanol–water partition coefficient (Wildman–Crippen LogP) is 5.79. The summed E-state index contributed by atoms with van der Waals surface area (Å²) in [7, 11) is 0. The van der Waals surface area contributed by atoms with Crippen LogP contribution >= 0.6 is 11.6 Å². The summed E-state index contributed by atoms with van der Waals surface area (Å²) in [5.41, 5.74) is -0.360. The predicted molar refractivity (Wildman–Crippen MR) is 156 cm³/mol. The van der Waals surface area contributed by atoms with Crippen molar-refractivity contribution in [3.63, 3.8) is 0 Å². The first kappa shape index (κ1) is 34.6. The average molecular weight is 596 g/mol. The third kappa shape index (κ3) is 6.72. The number of aliphatic carboxylic acids is 4. The topological polar surface area (TPSA) is 161 Å². The molecule has 0 aromatic heterocycles. The van der Waals surface area contributed by atoms with Crippen LogP contribution in [0.5, 0.6) is 0 Å². The maximum Gasteiger partial charge on any atom is 0.309 e. The molecule has 10 heteroatoms. The second-order valence-electron chi connectivity index (χ2n) is 13.3. The molecule has 4 rings (SSSR count). The van der Waals surface area contributed by atoms with Gasteiger partial charge in [0.15, 0.2) is 0 Å². The standard InChI is InChI=1S/C11H14ClN.2C10H16O4/c1-8-7-13-5-4-9-2-3-10(12)6-11(8)9;2*1-9(2)6(7(11)12)4-5-10(9,3)8(13)14/h2-3,6,8,13H,4-5,7H2,1H3;2*6H,4-5H2,1-3H3,(H,11,12)(H,13,14).